The van der Waals surface area contributed by atoms with Gasteiger partial charge in [-0.25, -0.2) is 4.79 Å². The van der Waals surface area contributed by atoms with Crippen LogP contribution in [0.1, 0.15) is 15.9 Å². The van der Waals surface area contributed by atoms with E-state index in [1.54, 1.807) is 12.1 Å². The Labute approximate surface area is 122 Å². The predicted molar refractivity (Wildman–Crippen MR) is 77.8 cm³/mol. The molecule has 0 fully saturated rings. The van der Waals surface area contributed by atoms with Crippen molar-refractivity contribution in [1.82, 2.24) is 0 Å². The molecule has 2 rings (SSSR count). The van der Waals surface area contributed by atoms with Crippen molar-refractivity contribution in [2.45, 2.75) is 6.92 Å². The number of carbonyl (C=O) groups is 1. The molecule has 110 valence electrons. The minimum absolute atomic E-state index is 0.0541. The molecule has 0 unspecified atom stereocenters. The van der Waals surface area contributed by atoms with Gasteiger partial charge in [-0.05, 0) is 36.8 Å². The van der Waals surface area contributed by atoms with Gasteiger partial charge in [-0.3, -0.25) is 0 Å². The average Bonchev–Trinajstić information content (AvgIpc) is 2.48. The Kier molecular flexibility index (Phi) is 4.33. The molecular weight excluding hydrogens is 272 g/mol. The summed E-state index contributed by atoms with van der Waals surface area (Å²) in [5.74, 6) is 0.622. The van der Waals surface area contributed by atoms with Crippen LogP contribution < -0.4 is 14.2 Å². The van der Waals surface area contributed by atoms with E-state index in [9.17, 15) is 9.90 Å². The van der Waals surface area contributed by atoms with Crippen molar-refractivity contribution in [3.8, 4) is 23.0 Å². The molecule has 0 bridgehead atoms. The summed E-state index contributed by atoms with van der Waals surface area (Å²) in [5, 5.41) is 9.23. The fourth-order valence-corrected chi connectivity index (χ4v) is 1.87. The number of hydrogen-bond acceptors (Lipinski definition) is 4. The van der Waals surface area contributed by atoms with E-state index in [0.29, 0.717) is 17.2 Å². The maximum absolute atomic E-state index is 11.3. The summed E-state index contributed by atoms with van der Waals surface area (Å²) in [6.07, 6.45) is 0. The van der Waals surface area contributed by atoms with E-state index >= 15 is 0 Å². The zero-order valence-corrected chi connectivity index (χ0v) is 12.0. The molecule has 0 heterocycles. The van der Waals surface area contributed by atoms with Crippen LogP contribution >= 0.6 is 0 Å². The summed E-state index contributed by atoms with van der Waals surface area (Å²) < 4.78 is 16.1. The Morgan fingerprint density at radius 3 is 2.33 bits per heavy atom. The fourth-order valence-electron chi connectivity index (χ4n) is 1.87. The van der Waals surface area contributed by atoms with Gasteiger partial charge in [-0.15, -0.1) is 0 Å². The van der Waals surface area contributed by atoms with Gasteiger partial charge in [0.2, 0.25) is 0 Å². The van der Waals surface area contributed by atoms with E-state index in [-0.39, 0.29) is 11.3 Å². The van der Waals surface area contributed by atoms with Crippen molar-refractivity contribution in [1.29, 1.82) is 0 Å². The Morgan fingerprint density at radius 2 is 1.71 bits per heavy atom. The van der Waals surface area contributed by atoms with Crippen molar-refractivity contribution in [2.24, 2.45) is 0 Å². The van der Waals surface area contributed by atoms with E-state index in [2.05, 4.69) is 0 Å². The third-order valence-electron chi connectivity index (χ3n) is 2.96. The molecule has 0 spiro atoms. The van der Waals surface area contributed by atoms with Crippen LogP contribution in [0.5, 0.6) is 23.0 Å². The quantitative estimate of drug-likeness (QED) is 0.912. The first kappa shape index (κ1) is 14.7. The molecule has 2 aromatic rings. The summed E-state index contributed by atoms with van der Waals surface area (Å²) in [6.45, 7) is 1.93. The molecule has 21 heavy (non-hydrogen) atoms. The number of rotatable bonds is 5. The third-order valence-corrected chi connectivity index (χ3v) is 2.96. The monoisotopic (exact) mass is 288 g/mol. The molecule has 0 radical (unpaired) electrons. The largest absolute Gasteiger partial charge is 0.497 e. The van der Waals surface area contributed by atoms with Crippen LogP contribution in [0.15, 0.2) is 36.4 Å². The molecule has 0 saturated carbocycles. The van der Waals surface area contributed by atoms with Crippen molar-refractivity contribution < 1.29 is 24.1 Å². The van der Waals surface area contributed by atoms with Gasteiger partial charge < -0.3 is 19.3 Å². The number of carboxylic acids is 1. The number of aryl methyl sites for hydroxylation is 1. The van der Waals surface area contributed by atoms with Crippen LogP contribution in [0.4, 0.5) is 0 Å². The topological polar surface area (TPSA) is 65.0 Å². The molecule has 0 saturated heterocycles. The van der Waals surface area contributed by atoms with Gasteiger partial charge in [0.05, 0.1) is 14.2 Å². The predicted octanol–water partition coefficient (Wildman–Crippen LogP) is 3.50. The van der Waals surface area contributed by atoms with Gasteiger partial charge in [-0.1, -0.05) is 6.07 Å². The highest BCUT2D eigenvalue weighted by Crippen LogP contribution is 2.35. The zero-order valence-electron chi connectivity index (χ0n) is 12.0. The number of hydrogen-bond donors (Lipinski definition) is 1. The SMILES string of the molecule is COc1ccc(C(=O)O)c(Oc2ccc(C)cc2OC)c1. The summed E-state index contributed by atoms with van der Waals surface area (Å²) >= 11 is 0. The smallest absolute Gasteiger partial charge is 0.339 e. The van der Waals surface area contributed by atoms with Gasteiger partial charge in [0.25, 0.3) is 0 Å². The minimum Gasteiger partial charge on any atom is -0.497 e. The lowest BCUT2D eigenvalue weighted by Crippen LogP contribution is -2.01. The Bertz CT molecular complexity index is 664. The Morgan fingerprint density at radius 1 is 0.952 bits per heavy atom. The molecule has 0 aliphatic rings. The van der Waals surface area contributed by atoms with E-state index in [0.717, 1.165) is 5.56 Å². The van der Waals surface area contributed by atoms with Crippen molar-refractivity contribution in [3.63, 3.8) is 0 Å². The van der Waals surface area contributed by atoms with Gasteiger partial charge in [0.1, 0.15) is 17.1 Å². The highest BCUT2D eigenvalue weighted by Gasteiger charge is 2.15. The van der Waals surface area contributed by atoms with Crippen LogP contribution in [0.2, 0.25) is 0 Å². The number of aromatic carboxylic acids is 1. The van der Waals surface area contributed by atoms with E-state index in [1.807, 2.05) is 19.1 Å². The fraction of sp³-hybridized carbons (Fsp3) is 0.188. The summed E-state index contributed by atoms with van der Waals surface area (Å²) in [7, 11) is 3.04. The summed E-state index contributed by atoms with van der Waals surface area (Å²) in [5.41, 5.74) is 1.07. The molecule has 0 amide bonds. The molecule has 0 atom stereocenters. The Hall–Kier alpha value is -2.69. The van der Waals surface area contributed by atoms with Gasteiger partial charge in [0.15, 0.2) is 11.5 Å². The van der Waals surface area contributed by atoms with Gasteiger partial charge in [-0.2, -0.15) is 0 Å². The van der Waals surface area contributed by atoms with Crippen molar-refractivity contribution >= 4 is 5.97 Å². The van der Waals surface area contributed by atoms with Gasteiger partial charge in [0, 0.05) is 6.07 Å². The molecule has 0 aromatic heterocycles. The second-order valence-electron chi connectivity index (χ2n) is 4.42. The van der Waals surface area contributed by atoms with E-state index in [4.69, 9.17) is 14.2 Å². The van der Waals surface area contributed by atoms with Crippen LogP contribution in [0.3, 0.4) is 0 Å². The number of ether oxygens (including phenoxy) is 3. The second kappa shape index (κ2) is 6.17. The van der Waals surface area contributed by atoms with Crippen LogP contribution in [-0.4, -0.2) is 25.3 Å². The molecular formula is C16H16O5. The molecule has 5 nitrogen and oxygen atoms in total. The molecule has 1 N–H and O–H groups in total. The first-order chi connectivity index (χ1) is 10.0. The molecule has 5 heteroatoms. The first-order valence-electron chi connectivity index (χ1n) is 6.29. The van der Waals surface area contributed by atoms with Crippen LogP contribution in [0.25, 0.3) is 0 Å². The Balaban J connectivity index is 2.45. The van der Waals surface area contributed by atoms with Crippen LogP contribution in [-0.2, 0) is 0 Å². The maximum Gasteiger partial charge on any atom is 0.339 e. The maximum atomic E-state index is 11.3. The highest BCUT2D eigenvalue weighted by atomic mass is 16.5. The van der Waals surface area contributed by atoms with Crippen molar-refractivity contribution in [3.05, 3.63) is 47.5 Å². The summed E-state index contributed by atoms with van der Waals surface area (Å²) in [6, 6.07) is 9.95. The molecule has 0 aliphatic carbocycles. The highest BCUT2D eigenvalue weighted by molar-refractivity contribution is 5.91. The molecule has 2 aromatic carbocycles. The van der Waals surface area contributed by atoms with E-state index < -0.39 is 5.97 Å². The minimum atomic E-state index is -1.07. The normalized spacial score (nSPS) is 10.0. The lowest BCUT2D eigenvalue weighted by Gasteiger charge is -2.13. The summed E-state index contributed by atoms with van der Waals surface area (Å²) in [4.78, 5) is 11.3. The molecule has 0 aliphatic heterocycles. The standard InChI is InChI=1S/C16H16O5/c1-10-4-7-13(15(8-10)20-3)21-14-9-11(19-2)5-6-12(14)16(17)18/h4-9H,1-3H3,(H,17,18). The van der Waals surface area contributed by atoms with Crippen LogP contribution in [0, 0.1) is 6.92 Å². The van der Waals surface area contributed by atoms with Gasteiger partial charge >= 0.3 is 5.97 Å². The third kappa shape index (κ3) is 3.25. The average molecular weight is 288 g/mol. The van der Waals surface area contributed by atoms with Crippen molar-refractivity contribution in [2.75, 3.05) is 14.2 Å². The number of carboxylic acid groups (broad SMARTS) is 1. The van der Waals surface area contributed by atoms with E-state index in [1.165, 1.54) is 26.4 Å². The number of methoxy groups -OCH3 is 2. The number of benzene rings is 2. The zero-order chi connectivity index (χ0) is 15.4. The second-order valence-corrected chi connectivity index (χ2v) is 4.42. The lowest BCUT2D eigenvalue weighted by molar-refractivity contribution is 0.0694. The lowest BCUT2D eigenvalue weighted by atomic mass is 10.2. The first-order valence-corrected chi connectivity index (χ1v) is 6.29.